The largest absolute Gasteiger partial charge is 1.00 e. The van der Waals surface area contributed by atoms with E-state index in [0.717, 1.165) is 0 Å². The van der Waals surface area contributed by atoms with E-state index in [1.807, 2.05) is 0 Å². The van der Waals surface area contributed by atoms with Crippen LogP contribution in [-0.2, 0) is 32.1 Å². The molecule has 256 valence electrons. The minimum Gasteiger partial charge on any atom is -1.00 e. The predicted octanol–water partition coefficient (Wildman–Crippen LogP) is 6.53. The second-order valence-corrected chi connectivity index (χ2v) is 23.0. The van der Waals surface area contributed by atoms with Crippen molar-refractivity contribution < 1.29 is 46.1 Å². The van der Waals surface area contributed by atoms with Crippen LogP contribution in [0.4, 0.5) is 0 Å². The summed E-state index contributed by atoms with van der Waals surface area (Å²) < 4.78 is 3.80. The van der Waals surface area contributed by atoms with Crippen molar-refractivity contribution in [1.29, 1.82) is 0 Å². The molecule has 4 aromatic carbocycles. The molecule has 0 N–H and O–H groups in total. The van der Waals surface area contributed by atoms with Gasteiger partial charge < -0.3 is 24.8 Å². The second-order valence-electron chi connectivity index (χ2n) is 16.9. The van der Waals surface area contributed by atoms with E-state index in [-0.39, 0.29) is 41.1 Å². The first-order valence-electron chi connectivity index (χ1n) is 17.8. The van der Waals surface area contributed by atoms with Gasteiger partial charge in [0.15, 0.2) is 0 Å². The molecule has 1 atom stereocenters. The second kappa shape index (κ2) is 15.1. The Morgan fingerprint density at radius 2 is 1.04 bits per heavy atom. The summed E-state index contributed by atoms with van der Waals surface area (Å²) in [5.41, 5.74) is 13.5. The number of benzene rings is 4. The van der Waals surface area contributed by atoms with Gasteiger partial charge in [-0.15, -0.1) is 0 Å². The summed E-state index contributed by atoms with van der Waals surface area (Å²) in [6, 6.07) is 37.9. The molecule has 0 aromatic heterocycles. The molecule has 0 fully saturated rings. The third-order valence-electron chi connectivity index (χ3n) is 10.3. The first-order chi connectivity index (χ1) is 22.2. The van der Waals surface area contributed by atoms with E-state index in [2.05, 4.69) is 178 Å². The Balaban J connectivity index is 0.00000270. The van der Waals surface area contributed by atoms with Gasteiger partial charge in [-0.25, -0.2) is 0 Å². The van der Waals surface area contributed by atoms with Crippen LogP contribution in [0.3, 0.4) is 0 Å². The smallest absolute Gasteiger partial charge is 1.00 e. The van der Waals surface area contributed by atoms with E-state index in [9.17, 15) is 0 Å². The number of hydrogen-bond donors (Lipinski definition) is 0. The first kappa shape index (κ1) is 39.5. The zero-order chi connectivity index (χ0) is 33.7. The van der Waals surface area contributed by atoms with Crippen molar-refractivity contribution >= 4 is 3.21 Å². The monoisotopic (exact) mass is 766 g/mol. The van der Waals surface area contributed by atoms with Crippen molar-refractivity contribution in [2.75, 3.05) is 0 Å². The molecule has 4 aromatic rings. The molecule has 6 rings (SSSR count). The standard InChI is InChI=1S/C21H25.C13H10.C12H19.2ClH.Zr/c1-20(2,3)16-9-7-14-11-15-8-10-17(21(4,5)6)13-19(15)18(14)12-16;1-3-7-12(8-4-1)11-13-9-5-2-6-10-13;1-5-6-10-7-8-11(9-10)12(2,3)4;;;/h7-13H,1-6H3;1-10H;8-10H,5-6H2,1-4H3;2*1H;/q;;;;;+2/p-2. The molecule has 0 amide bonds. The zero-order valence-corrected chi connectivity index (χ0v) is 35.2. The summed E-state index contributed by atoms with van der Waals surface area (Å²) in [5, 5.41) is 0. The number of fused-ring (bicyclic) bond motifs is 3. The van der Waals surface area contributed by atoms with Crippen molar-refractivity contribution in [3.63, 3.8) is 0 Å². The van der Waals surface area contributed by atoms with Crippen molar-refractivity contribution in [2.45, 2.75) is 96.5 Å². The maximum Gasteiger partial charge on any atom is -1.00 e. The fourth-order valence-corrected chi connectivity index (χ4v) is 17.2. The molecule has 0 bridgehead atoms. The van der Waals surface area contributed by atoms with Crippen LogP contribution in [0.5, 0.6) is 0 Å². The van der Waals surface area contributed by atoms with Gasteiger partial charge in [0.2, 0.25) is 0 Å². The summed E-state index contributed by atoms with van der Waals surface area (Å²) >= 11 is -2.86. The molecule has 0 radical (unpaired) electrons. The van der Waals surface area contributed by atoms with Gasteiger partial charge in [0.1, 0.15) is 0 Å². The average molecular weight is 769 g/mol. The van der Waals surface area contributed by atoms with E-state index in [0.29, 0.717) is 9.54 Å². The zero-order valence-electron chi connectivity index (χ0n) is 31.2. The molecule has 0 nitrogen and oxygen atoms in total. The van der Waals surface area contributed by atoms with Crippen LogP contribution in [0.15, 0.2) is 118 Å². The molecule has 0 heterocycles. The fraction of sp³-hybridized carbons (Fsp3) is 0.370. The van der Waals surface area contributed by atoms with Crippen LogP contribution in [0.25, 0.3) is 11.1 Å². The Bertz CT molecular complexity index is 1770. The minimum atomic E-state index is -2.86. The Kier molecular flexibility index (Phi) is 12.2. The molecule has 0 saturated heterocycles. The number of halogens is 2. The van der Waals surface area contributed by atoms with Gasteiger partial charge in [-0.05, 0) is 0 Å². The summed E-state index contributed by atoms with van der Waals surface area (Å²) in [4.78, 5) is 0. The van der Waals surface area contributed by atoms with Crippen LogP contribution in [0, 0.1) is 11.3 Å². The molecule has 1 unspecified atom stereocenters. The molecule has 2 aliphatic rings. The van der Waals surface area contributed by atoms with Crippen LogP contribution in [0.2, 0.25) is 0 Å². The average Bonchev–Trinajstić information content (AvgIpc) is 3.59. The van der Waals surface area contributed by atoms with Crippen molar-refractivity contribution in [3.05, 3.63) is 151 Å². The third-order valence-corrected chi connectivity index (χ3v) is 18.8. The molecule has 3 heteroatoms. The van der Waals surface area contributed by atoms with Gasteiger partial charge in [-0.1, -0.05) is 0 Å². The fourth-order valence-electron chi connectivity index (χ4n) is 7.56. The van der Waals surface area contributed by atoms with Gasteiger partial charge in [-0.3, -0.25) is 0 Å². The van der Waals surface area contributed by atoms with Crippen LogP contribution in [-0.4, -0.2) is 3.21 Å². The summed E-state index contributed by atoms with van der Waals surface area (Å²) in [6.45, 7) is 23.7. The molecular weight excluding hydrogens is 715 g/mol. The van der Waals surface area contributed by atoms with Crippen LogP contribution >= 0.6 is 0 Å². The molecule has 2 aliphatic carbocycles. The van der Waals surface area contributed by atoms with Crippen molar-refractivity contribution in [1.82, 2.24) is 0 Å². The van der Waals surface area contributed by atoms with Gasteiger partial charge in [-0.2, -0.15) is 0 Å². The Hall–Kier alpha value is -2.31. The van der Waals surface area contributed by atoms with Gasteiger partial charge in [0, 0.05) is 0 Å². The number of hydrogen-bond acceptors (Lipinski definition) is 0. The summed E-state index contributed by atoms with van der Waals surface area (Å²) in [5.74, 6) is 0.501. The van der Waals surface area contributed by atoms with Gasteiger partial charge >= 0.3 is 295 Å². The number of rotatable bonds is 6. The quantitative estimate of drug-likeness (QED) is 0.210. The van der Waals surface area contributed by atoms with Gasteiger partial charge in [0.25, 0.3) is 0 Å². The van der Waals surface area contributed by atoms with E-state index in [1.54, 1.807) is 17.6 Å². The SMILES string of the molecule is CCCC1C=C(C(C)(C)C)C=[C]1[Zr+2](=[C](c1ccccc1)c1ccccc1)[CH]1c2ccc(C(C)(C)C)cc2-c2cc(C(C)(C)C)ccc21.[Cl-].[Cl-]. The summed E-state index contributed by atoms with van der Waals surface area (Å²) in [7, 11) is 0. The maximum absolute atomic E-state index is 2.86. The van der Waals surface area contributed by atoms with E-state index < -0.39 is 21.3 Å². The maximum atomic E-state index is 2.70. The van der Waals surface area contributed by atoms with Gasteiger partial charge in [0.05, 0.1) is 0 Å². The van der Waals surface area contributed by atoms with Crippen molar-refractivity contribution in [3.8, 4) is 11.1 Å². The minimum absolute atomic E-state index is 0. The topological polar surface area (TPSA) is 0 Å². The third kappa shape index (κ3) is 7.96. The van der Waals surface area contributed by atoms with E-state index in [4.69, 9.17) is 0 Å². The van der Waals surface area contributed by atoms with Crippen molar-refractivity contribution in [2.24, 2.45) is 11.3 Å². The summed E-state index contributed by atoms with van der Waals surface area (Å²) in [6.07, 6.45) is 7.77. The predicted molar refractivity (Wildman–Crippen MR) is 201 cm³/mol. The Morgan fingerprint density at radius 1 is 0.592 bits per heavy atom. The Morgan fingerprint density at radius 3 is 1.43 bits per heavy atom. The van der Waals surface area contributed by atoms with E-state index >= 15 is 0 Å². The molecule has 49 heavy (non-hydrogen) atoms. The molecular formula is C46H54Cl2Zr. The Labute approximate surface area is 317 Å². The molecule has 0 saturated carbocycles. The van der Waals surface area contributed by atoms with E-state index in [1.165, 1.54) is 51.8 Å². The number of allylic oxidation sites excluding steroid dienone is 4. The first-order valence-corrected chi connectivity index (χ1v) is 21.6. The molecule has 0 aliphatic heterocycles. The molecule has 0 spiro atoms. The van der Waals surface area contributed by atoms with Crippen LogP contribution < -0.4 is 24.8 Å². The normalized spacial score (nSPS) is 15.6. The van der Waals surface area contributed by atoms with Crippen LogP contribution in [0.1, 0.15) is 119 Å².